The van der Waals surface area contributed by atoms with E-state index in [0.29, 0.717) is 25.9 Å². The largest absolute Gasteiger partial charge is 0.352 e. The molecule has 2 amide bonds. The van der Waals surface area contributed by atoms with Gasteiger partial charge in [-0.1, -0.05) is 103 Å². The number of hydrogen-bond donors (Lipinski definition) is 2. The number of carbonyl (C=O) groups excluding carboxylic acids is 2. The molecule has 37 heavy (non-hydrogen) atoms. The molecule has 2 aromatic rings. The number of nitrogens with zero attached hydrogens (tertiary/aromatic N) is 2. The lowest BCUT2D eigenvalue weighted by Gasteiger charge is -2.05. The van der Waals surface area contributed by atoms with Crippen LogP contribution in [-0.4, -0.2) is 29.5 Å². The van der Waals surface area contributed by atoms with Gasteiger partial charge in [-0.15, -0.1) is 0 Å². The van der Waals surface area contributed by atoms with Crippen molar-refractivity contribution < 1.29 is 14.2 Å². The number of para-hydroxylation sites is 2. The number of rotatable bonds is 22. The normalized spacial score (nSPS) is 11.2. The Morgan fingerprint density at radius 1 is 0.703 bits per heavy atom. The first-order valence-corrected chi connectivity index (χ1v) is 15.2. The topological polar surface area (TPSA) is 67.0 Å². The summed E-state index contributed by atoms with van der Waals surface area (Å²) in [6.45, 7) is 7.20. The summed E-state index contributed by atoms with van der Waals surface area (Å²) < 4.78 is 4.40. The van der Waals surface area contributed by atoms with E-state index in [4.69, 9.17) is 0 Å². The highest BCUT2D eigenvalue weighted by Gasteiger charge is 2.15. The van der Waals surface area contributed by atoms with Gasteiger partial charge in [-0.3, -0.25) is 9.59 Å². The van der Waals surface area contributed by atoms with Crippen LogP contribution in [0.5, 0.6) is 0 Å². The van der Waals surface area contributed by atoms with Crippen LogP contribution in [0.1, 0.15) is 117 Å². The molecule has 0 bridgehead atoms. The fourth-order valence-corrected chi connectivity index (χ4v) is 4.89. The minimum absolute atomic E-state index is 0.154. The molecule has 2 N–H and O–H groups in total. The van der Waals surface area contributed by atoms with Crippen LogP contribution in [0.25, 0.3) is 11.0 Å². The van der Waals surface area contributed by atoms with E-state index in [1.54, 1.807) is 0 Å². The zero-order valence-corrected chi connectivity index (χ0v) is 23.7. The number of imidazole rings is 1. The molecule has 1 aromatic carbocycles. The van der Waals surface area contributed by atoms with Crippen molar-refractivity contribution in [2.75, 3.05) is 13.1 Å². The van der Waals surface area contributed by atoms with Gasteiger partial charge in [-0.25, -0.2) is 9.13 Å². The van der Waals surface area contributed by atoms with Crippen molar-refractivity contribution >= 4 is 22.8 Å². The average molecular weight is 514 g/mol. The molecule has 6 nitrogen and oxygen atoms in total. The monoisotopic (exact) mass is 513 g/mol. The summed E-state index contributed by atoms with van der Waals surface area (Å²) in [5.41, 5.74) is 2.30. The van der Waals surface area contributed by atoms with Gasteiger partial charge in [0.05, 0.1) is 13.1 Å². The molecule has 0 atom stereocenters. The second-order valence-corrected chi connectivity index (χ2v) is 10.4. The number of amides is 2. The molecule has 0 radical (unpaired) electrons. The van der Waals surface area contributed by atoms with Crippen LogP contribution in [0, 0.1) is 0 Å². The molecule has 0 spiro atoms. The number of fused-ring (bicyclic) bond motifs is 1. The van der Waals surface area contributed by atoms with E-state index in [9.17, 15) is 9.59 Å². The van der Waals surface area contributed by atoms with Crippen molar-refractivity contribution in [1.82, 2.24) is 15.2 Å². The van der Waals surface area contributed by atoms with Gasteiger partial charge in [-0.05, 0) is 25.0 Å². The first kappa shape index (κ1) is 30.9. The van der Waals surface area contributed by atoms with Gasteiger partial charge in [0.15, 0.2) is 11.0 Å². The molecule has 2 rings (SSSR count). The number of carbonyl (C=O) groups is 2. The average Bonchev–Trinajstić information content (AvgIpc) is 3.25. The molecule has 0 fully saturated rings. The maximum Gasteiger partial charge on any atom is 0.244 e. The second kappa shape index (κ2) is 19.7. The molecular weight excluding hydrogens is 460 g/mol. The van der Waals surface area contributed by atoms with Gasteiger partial charge in [0.25, 0.3) is 0 Å². The Bertz CT molecular complexity index is 822. The van der Waals surface area contributed by atoms with Crippen molar-refractivity contribution in [3.05, 3.63) is 30.6 Å². The molecule has 0 aliphatic carbocycles. The summed E-state index contributed by atoms with van der Waals surface area (Å²) in [4.78, 5) is 24.5. The van der Waals surface area contributed by atoms with E-state index in [0.717, 1.165) is 49.8 Å². The summed E-state index contributed by atoms with van der Waals surface area (Å²) in [7, 11) is 0. The Morgan fingerprint density at radius 3 is 1.81 bits per heavy atom. The lowest BCUT2D eigenvalue weighted by molar-refractivity contribution is -0.670. The predicted molar refractivity (Wildman–Crippen MR) is 153 cm³/mol. The molecule has 0 saturated heterocycles. The van der Waals surface area contributed by atoms with Gasteiger partial charge in [-0.2, -0.15) is 0 Å². The van der Waals surface area contributed by atoms with Gasteiger partial charge >= 0.3 is 0 Å². The fraction of sp³-hybridized carbons (Fsp3) is 0.710. The highest BCUT2D eigenvalue weighted by molar-refractivity contribution is 5.76. The maximum atomic E-state index is 12.2. The van der Waals surface area contributed by atoms with Crippen molar-refractivity contribution in [2.24, 2.45) is 0 Å². The lowest BCUT2D eigenvalue weighted by Crippen LogP contribution is -2.39. The van der Waals surface area contributed by atoms with Crippen LogP contribution < -0.4 is 15.2 Å². The second-order valence-electron chi connectivity index (χ2n) is 10.4. The molecule has 0 unspecified atom stereocenters. The van der Waals surface area contributed by atoms with Crippen LogP contribution in [-0.2, 0) is 22.7 Å². The van der Waals surface area contributed by atoms with E-state index in [1.807, 2.05) is 12.1 Å². The van der Waals surface area contributed by atoms with Gasteiger partial charge in [0.2, 0.25) is 18.1 Å². The molecule has 0 saturated carbocycles. The van der Waals surface area contributed by atoms with Crippen LogP contribution in [0.15, 0.2) is 30.6 Å². The van der Waals surface area contributed by atoms with Gasteiger partial charge in [0.1, 0.15) is 13.1 Å². The fourth-order valence-electron chi connectivity index (χ4n) is 4.89. The van der Waals surface area contributed by atoms with E-state index < -0.39 is 0 Å². The van der Waals surface area contributed by atoms with E-state index in [2.05, 4.69) is 52.1 Å². The number of aromatic nitrogens is 2. The van der Waals surface area contributed by atoms with Crippen LogP contribution in [0.4, 0.5) is 0 Å². The van der Waals surface area contributed by atoms with Gasteiger partial charge < -0.3 is 10.6 Å². The number of nitrogens with one attached hydrogen (secondary N) is 2. The molecule has 208 valence electrons. The predicted octanol–water partition coefficient (Wildman–Crippen LogP) is 6.44. The molecule has 0 aliphatic heterocycles. The zero-order chi connectivity index (χ0) is 26.6. The standard InChI is InChI=1S/C31H52N4O2/c1-3-5-7-9-11-13-15-21-30(36)32-23-25-34-27-35(29-20-18-17-19-28(29)34)26-24-33-31(37)22-16-14-12-10-8-6-4-2/h17-20,27H,3-16,21-26H2,1-2H3,(H-,32,33,36,37)/p+1. The highest BCUT2D eigenvalue weighted by atomic mass is 16.2. The third-order valence-corrected chi connectivity index (χ3v) is 7.14. The van der Waals surface area contributed by atoms with E-state index in [1.165, 1.54) is 64.2 Å². The van der Waals surface area contributed by atoms with Crippen molar-refractivity contribution in [1.29, 1.82) is 0 Å². The number of benzene rings is 1. The SMILES string of the molecule is CCCCCCCCCC(=O)NCCn1c[n+](CCNC(=O)CCCCCCCCC)c2ccccc21. The van der Waals surface area contributed by atoms with E-state index in [-0.39, 0.29) is 11.8 Å². The molecule has 1 aromatic heterocycles. The number of hydrogen-bond acceptors (Lipinski definition) is 2. The van der Waals surface area contributed by atoms with Crippen LogP contribution >= 0.6 is 0 Å². The summed E-state index contributed by atoms with van der Waals surface area (Å²) in [6, 6.07) is 8.33. The number of unbranched alkanes of at least 4 members (excludes halogenated alkanes) is 12. The quantitative estimate of drug-likeness (QED) is 0.140. The summed E-state index contributed by atoms with van der Waals surface area (Å²) in [5.74, 6) is 0.308. The Hall–Kier alpha value is -2.37. The Balaban J connectivity index is 1.67. The zero-order valence-electron chi connectivity index (χ0n) is 23.7. The van der Waals surface area contributed by atoms with Gasteiger partial charge in [0, 0.05) is 12.8 Å². The first-order chi connectivity index (χ1) is 18.2. The van der Waals surface area contributed by atoms with E-state index >= 15 is 0 Å². The minimum Gasteiger partial charge on any atom is -0.352 e. The first-order valence-electron chi connectivity index (χ1n) is 15.2. The summed E-state index contributed by atoms with van der Waals surface area (Å²) >= 11 is 0. The highest BCUT2D eigenvalue weighted by Crippen LogP contribution is 2.11. The van der Waals surface area contributed by atoms with Crippen molar-refractivity contribution in [2.45, 2.75) is 130 Å². The minimum atomic E-state index is 0.154. The summed E-state index contributed by atoms with van der Waals surface area (Å²) in [5, 5.41) is 6.17. The maximum absolute atomic E-state index is 12.2. The third kappa shape index (κ3) is 13.1. The Morgan fingerprint density at radius 2 is 1.22 bits per heavy atom. The Labute approximate surface area is 225 Å². The molecule has 0 aliphatic rings. The smallest absolute Gasteiger partial charge is 0.244 e. The molecule has 1 heterocycles. The van der Waals surface area contributed by atoms with Crippen LogP contribution in [0.3, 0.4) is 0 Å². The van der Waals surface area contributed by atoms with Crippen molar-refractivity contribution in [3.8, 4) is 0 Å². The Kier molecular flexibility index (Phi) is 16.4. The molecular formula is C31H53N4O2+. The summed E-state index contributed by atoms with van der Waals surface area (Å²) in [6.07, 6.45) is 20.5. The van der Waals surface area contributed by atoms with Crippen molar-refractivity contribution in [3.63, 3.8) is 0 Å². The third-order valence-electron chi connectivity index (χ3n) is 7.14. The lowest BCUT2D eigenvalue weighted by atomic mass is 10.1. The van der Waals surface area contributed by atoms with Crippen LogP contribution in [0.2, 0.25) is 0 Å². The molecule has 6 heteroatoms.